The number of carbonyl (C=O) groups is 1. The molecule has 0 aromatic heterocycles. The van der Waals surface area contributed by atoms with E-state index in [0.717, 1.165) is 5.56 Å². The first-order valence-electron chi connectivity index (χ1n) is 5.54. The number of nitrogens with one attached hydrogen (secondary N) is 1. The average Bonchev–Trinajstić information content (AvgIpc) is 2.25. The van der Waals surface area contributed by atoms with E-state index in [1.54, 1.807) is 0 Å². The average molecular weight is 270 g/mol. The summed E-state index contributed by atoms with van der Waals surface area (Å²) in [5.74, 6) is -1.25. The molecule has 0 atom stereocenters. The second-order valence-corrected chi connectivity index (χ2v) is 6.57. The fourth-order valence-corrected chi connectivity index (χ4v) is 2.91. The minimum atomic E-state index is -3.50. The summed E-state index contributed by atoms with van der Waals surface area (Å²) in [6.45, 7) is 0. The molecule has 4 N–H and O–H groups in total. The number of carboxylic acids is 1. The van der Waals surface area contributed by atoms with Gasteiger partial charge in [0.2, 0.25) is 6.16 Å². The third kappa shape index (κ3) is 5.87. The van der Waals surface area contributed by atoms with Crippen LogP contribution in [0.5, 0.6) is 0 Å². The summed E-state index contributed by atoms with van der Waals surface area (Å²) in [6, 6.07) is 9.58. The van der Waals surface area contributed by atoms with Gasteiger partial charge in [-0.05, 0) is 18.4 Å². The molecule has 0 unspecified atom stereocenters. The molecule has 0 aliphatic carbocycles. The Labute approximate surface area is 106 Å². The first kappa shape index (κ1) is 14.8. The Morgan fingerprint density at radius 2 is 1.78 bits per heavy atom. The van der Waals surface area contributed by atoms with Crippen LogP contribution in [-0.4, -0.2) is 38.9 Å². The molecule has 0 bridgehead atoms. The van der Waals surface area contributed by atoms with Crippen LogP contribution in [0.4, 0.5) is 0 Å². The molecular weight excluding hydrogens is 253 g/mol. The van der Waals surface area contributed by atoms with Gasteiger partial charge in [-0.1, -0.05) is 30.3 Å². The van der Waals surface area contributed by atoms with E-state index < -0.39 is 19.8 Å². The normalized spacial score (nSPS) is 11.2. The molecule has 1 aromatic carbocycles. The predicted octanol–water partition coefficient (Wildman–Crippen LogP) is 1.56. The van der Waals surface area contributed by atoms with Crippen LogP contribution in [-0.2, 0) is 11.2 Å². The molecule has 0 spiro atoms. The van der Waals surface area contributed by atoms with E-state index in [0.29, 0.717) is 12.8 Å². The lowest BCUT2D eigenvalue weighted by Crippen LogP contribution is -2.16. The van der Waals surface area contributed by atoms with Crippen molar-refractivity contribution in [3.05, 3.63) is 35.9 Å². The van der Waals surface area contributed by atoms with Crippen molar-refractivity contribution in [2.75, 3.05) is 12.3 Å². The Morgan fingerprint density at radius 1 is 1.17 bits per heavy atom. The molecule has 0 heterocycles. The zero-order valence-corrected chi connectivity index (χ0v) is 10.8. The van der Waals surface area contributed by atoms with Crippen LogP contribution in [0.25, 0.3) is 0 Å². The van der Waals surface area contributed by atoms with E-state index in [2.05, 4.69) is 0 Å². The Kier molecular flexibility index (Phi) is 5.41. The lowest BCUT2D eigenvalue weighted by atomic mass is 10.1. The van der Waals surface area contributed by atoms with Gasteiger partial charge in [0.25, 0.3) is 7.72 Å². The van der Waals surface area contributed by atoms with E-state index >= 15 is 0 Å². The fourth-order valence-electron chi connectivity index (χ4n) is 1.60. The van der Waals surface area contributed by atoms with Gasteiger partial charge < -0.3 is 10.5 Å². The number of hydrogen-bond acceptors (Lipinski definition) is 4. The smallest absolute Gasteiger partial charge is 0.346 e. The van der Waals surface area contributed by atoms with Gasteiger partial charge in [-0.15, -0.1) is 0 Å². The number of aryl methyl sites for hydroxylation is 1. The van der Waals surface area contributed by atoms with Crippen LogP contribution >= 0.6 is 7.72 Å². The lowest BCUT2D eigenvalue weighted by Gasteiger charge is -2.11. The quantitative estimate of drug-likeness (QED) is 0.446. The van der Waals surface area contributed by atoms with Gasteiger partial charge in [0.05, 0.1) is 5.71 Å². The van der Waals surface area contributed by atoms with Gasteiger partial charge in [0.1, 0.15) is 6.16 Å². The second-order valence-electron chi connectivity index (χ2n) is 4.18. The first-order chi connectivity index (χ1) is 8.39. The van der Waals surface area contributed by atoms with Crippen molar-refractivity contribution in [2.24, 2.45) is 0 Å². The van der Waals surface area contributed by atoms with Gasteiger partial charge in [-0.2, -0.15) is 0 Å². The Hall–Kier alpha value is -1.29. The van der Waals surface area contributed by atoms with Crippen LogP contribution in [0.15, 0.2) is 30.3 Å². The van der Waals surface area contributed by atoms with Crippen LogP contribution in [0.3, 0.4) is 0 Å². The van der Waals surface area contributed by atoms with Crippen LogP contribution in [0.2, 0.25) is 0 Å². The van der Waals surface area contributed by atoms with E-state index in [1.807, 2.05) is 30.3 Å². The monoisotopic (exact) mass is 270 g/mol. The molecule has 0 radical (unpaired) electrons. The summed E-state index contributed by atoms with van der Waals surface area (Å²) in [5.41, 5.74) is 1.25. The van der Waals surface area contributed by atoms with E-state index in [9.17, 15) is 14.6 Å². The van der Waals surface area contributed by atoms with Crippen molar-refractivity contribution in [3.8, 4) is 0 Å². The second kappa shape index (κ2) is 6.59. The fraction of sp³-hybridized carbons (Fsp3) is 0.333. The van der Waals surface area contributed by atoms with Gasteiger partial charge in [-0.25, -0.2) is 14.6 Å². The largest absolute Gasteiger partial charge is 0.478 e. The molecule has 0 aliphatic rings. The van der Waals surface area contributed by atoms with E-state index in [4.69, 9.17) is 10.5 Å². The predicted molar refractivity (Wildman–Crippen MR) is 71.2 cm³/mol. The molecule has 1 aromatic rings. The minimum Gasteiger partial charge on any atom is -0.478 e. The zero-order valence-electron chi connectivity index (χ0n) is 9.91. The molecule has 0 amide bonds. The highest BCUT2D eigenvalue weighted by Crippen LogP contribution is 2.49. The maximum absolute atomic E-state index is 10.4. The number of rotatable bonds is 7. The van der Waals surface area contributed by atoms with Gasteiger partial charge in [-0.3, -0.25) is 0 Å². The van der Waals surface area contributed by atoms with Gasteiger partial charge >= 0.3 is 5.97 Å². The van der Waals surface area contributed by atoms with Gasteiger partial charge in [0.15, 0.2) is 0 Å². The molecule has 0 aliphatic heterocycles. The standard InChI is InChI=1S/C12H16NO4P/c13-11(8-18(16,17)9-12(14)15)7-6-10-4-2-1-3-5-10/h1-5,13,16-17H,6-9H2/p+1. The number of carboxylic acid groups (broad SMARTS) is 1. The van der Waals surface area contributed by atoms with E-state index in [1.165, 1.54) is 0 Å². The van der Waals surface area contributed by atoms with Crippen LogP contribution in [0, 0.1) is 5.41 Å². The highest BCUT2D eigenvalue weighted by atomic mass is 31.2. The molecule has 98 valence electrons. The van der Waals surface area contributed by atoms with Crippen molar-refractivity contribution >= 4 is 19.4 Å². The van der Waals surface area contributed by atoms with Crippen LogP contribution < -0.4 is 0 Å². The third-order valence-corrected chi connectivity index (χ3v) is 4.06. The van der Waals surface area contributed by atoms with Gasteiger partial charge in [0, 0.05) is 0 Å². The number of aliphatic carboxylic acids is 1. The summed E-state index contributed by atoms with van der Waals surface area (Å²) in [7, 11) is -3.50. The SMILES string of the molecule is N=C(CCc1ccccc1)C[P+](O)(O)CC(=O)O. The maximum atomic E-state index is 10.4. The summed E-state index contributed by atoms with van der Waals surface area (Å²) < 4.78 is 0. The van der Waals surface area contributed by atoms with Crippen molar-refractivity contribution in [1.29, 1.82) is 5.41 Å². The first-order valence-corrected chi connectivity index (χ1v) is 7.60. The molecule has 6 heteroatoms. The van der Waals surface area contributed by atoms with Crippen LogP contribution in [0.1, 0.15) is 12.0 Å². The highest BCUT2D eigenvalue weighted by Gasteiger charge is 2.37. The highest BCUT2D eigenvalue weighted by molar-refractivity contribution is 7.66. The number of hydrogen-bond donors (Lipinski definition) is 4. The molecular formula is C12H17NO4P+. The Balaban J connectivity index is 2.40. The summed E-state index contributed by atoms with van der Waals surface area (Å²) in [6.07, 6.45) is 0.159. The topological polar surface area (TPSA) is 102 Å². The third-order valence-electron chi connectivity index (χ3n) is 2.39. The van der Waals surface area contributed by atoms with E-state index in [-0.39, 0.29) is 11.9 Å². The molecule has 0 saturated heterocycles. The van der Waals surface area contributed by atoms with Crippen molar-refractivity contribution in [1.82, 2.24) is 0 Å². The molecule has 0 fully saturated rings. The minimum absolute atomic E-state index is 0.179. The summed E-state index contributed by atoms with van der Waals surface area (Å²) in [5, 5.41) is 16.2. The molecule has 5 nitrogen and oxygen atoms in total. The van der Waals surface area contributed by atoms with Crippen molar-refractivity contribution in [2.45, 2.75) is 12.8 Å². The lowest BCUT2D eigenvalue weighted by molar-refractivity contribution is -0.134. The Morgan fingerprint density at radius 3 is 2.33 bits per heavy atom. The van der Waals surface area contributed by atoms with Crippen molar-refractivity contribution in [3.63, 3.8) is 0 Å². The zero-order chi connectivity index (χ0) is 13.6. The Bertz CT molecular complexity index is 419. The molecule has 18 heavy (non-hydrogen) atoms. The maximum Gasteiger partial charge on any atom is 0.346 e. The molecule has 1 rings (SSSR count). The molecule has 0 saturated carbocycles. The number of benzene rings is 1. The summed E-state index contributed by atoms with van der Waals surface area (Å²) in [4.78, 5) is 29.4. The summed E-state index contributed by atoms with van der Waals surface area (Å²) >= 11 is 0. The van der Waals surface area contributed by atoms with Crippen molar-refractivity contribution < 1.29 is 19.7 Å².